The number of halogens is 2. The number of nitrogens with one attached hydrogen (secondary N) is 1. The molecule has 24 heavy (non-hydrogen) atoms. The molecule has 4 rings (SSSR count). The third-order valence-electron chi connectivity index (χ3n) is 4.11. The molecule has 1 aliphatic heterocycles. The molecule has 0 saturated carbocycles. The van der Waals surface area contributed by atoms with Crippen molar-refractivity contribution < 1.29 is 13.6 Å². The number of carbonyl (C=O) groups excluding carboxylic acids is 1. The van der Waals surface area contributed by atoms with E-state index in [1.807, 2.05) is 12.1 Å². The molecule has 0 unspecified atom stereocenters. The van der Waals surface area contributed by atoms with Gasteiger partial charge in [0, 0.05) is 36.3 Å². The first-order chi connectivity index (χ1) is 11.6. The normalized spacial score (nSPS) is 13.5. The first kappa shape index (κ1) is 14.6. The Labute approximate surface area is 136 Å². The molecule has 1 N–H and O–H groups in total. The third kappa shape index (κ3) is 2.36. The number of hydrogen-bond acceptors (Lipinski definition) is 2. The number of hydrogen-bond donors (Lipinski definition) is 1. The van der Waals surface area contributed by atoms with Crippen LogP contribution in [0.3, 0.4) is 0 Å². The molecule has 2 heterocycles. The number of nitrogens with zero attached hydrogens (tertiary/aromatic N) is 2. The van der Waals surface area contributed by atoms with Gasteiger partial charge in [-0.3, -0.25) is 9.36 Å². The molecule has 0 bridgehead atoms. The Morgan fingerprint density at radius 2 is 1.96 bits per heavy atom. The summed E-state index contributed by atoms with van der Waals surface area (Å²) in [7, 11) is 0. The number of fused-ring (bicyclic) bond motifs is 1. The summed E-state index contributed by atoms with van der Waals surface area (Å²) in [5.41, 5.74) is 2.49. The zero-order valence-electron chi connectivity index (χ0n) is 12.6. The molecule has 6 heteroatoms. The van der Waals surface area contributed by atoms with E-state index in [0.717, 1.165) is 18.1 Å². The first-order valence-electron chi connectivity index (χ1n) is 7.54. The van der Waals surface area contributed by atoms with Crippen LogP contribution in [0.2, 0.25) is 0 Å². The molecule has 0 radical (unpaired) electrons. The van der Waals surface area contributed by atoms with Crippen molar-refractivity contribution in [2.45, 2.75) is 6.42 Å². The second kappa shape index (κ2) is 5.56. The van der Waals surface area contributed by atoms with Crippen LogP contribution in [0.5, 0.6) is 0 Å². The van der Waals surface area contributed by atoms with Crippen LogP contribution < -0.4 is 5.32 Å². The summed E-state index contributed by atoms with van der Waals surface area (Å²) in [6.45, 7) is 0.627. The molecule has 1 aromatic heterocycles. The molecular formula is C18H13F2N3O. The summed E-state index contributed by atoms with van der Waals surface area (Å²) in [5.74, 6) is -1.09. The summed E-state index contributed by atoms with van der Waals surface area (Å²) in [6, 6.07) is 8.90. The number of imidazole rings is 1. The third-order valence-corrected chi connectivity index (χ3v) is 4.11. The monoisotopic (exact) mass is 325 g/mol. The Morgan fingerprint density at radius 1 is 1.08 bits per heavy atom. The lowest BCUT2D eigenvalue weighted by molar-refractivity contribution is 0.0946. The topological polar surface area (TPSA) is 46.9 Å². The maximum absolute atomic E-state index is 14.1. The quantitative estimate of drug-likeness (QED) is 0.787. The van der Waals surface area contributed by atoms with Gasteiger partial charge in [-0.25, -0.2) is 13.8 Å². The molecule has 1 aliphatic rings. The summed E-state index contributed by atoms with van der Waals surface area (Å²) in [5, 5.41) is 2.81. The van der Waals surface area contributed by atoms with Crippen molar-refractivity contribution >= 4 is 5.91 Å². The van der Waals surface area contributed by atoms with Gasteiger partial charge < -0.3 is 5.32 Å². The predicted molar refractivity (Wildman–Crippen MR) is 85.0 cm³/mol. The molecule has 4 nitrogen and oxygen atoms in total. The van der Waals surface area contributed by atoms with Crippen molar-refractivity contribution in [1.29, 1.82) is 0 Å². The SMILES string of the molecule is O=C1NCCc2ccc(-n3ccnc3-c3ccc(F)cc3F)cc21. The zero-order chi connectivity index (χ0) is 16.7. The van der Waals surface area contributed by atoms with Crippen LogP contribution in [0.15, 0.2) is 48.8 Å². The van der Waals surface area contributed by atoms with Gasteiger partial charge in [0.05, 0.1) is 5.56 Å². The molecule has 0 atom stereocenters. The smallest absolute Gasteiger partial charge is 0.251 e. The summed E-state index contributed by atoms with van der Waals surface area (Å²) in [4.78, 5) is 16.2. The molecule has 0 fully saturated rings. The van der Waals surface area contributed by atoms with E-state index in [1.54, 1.807) is 16.8 Å². The average molecular weight is 325 g/mol. The van der Waals surface area contributed by atoms with E-state index >= 15 is 0 Å². The summed E-state index contributed by atoms with van der Waals surface area (Å²) in [6.07, 6.45) is 4.00. The van der Waals surface area contributed by atoms with E-state index < -0.39 is 11.6 Å². The highest BCUT2D eigenvalue weighted by Crippen LogP contribution is 2.26. The van der Waals surface area contributed by atoms with E-state index in [1.165, 1.54) is 18.3 Å². The minimum Gasteiger partial charge on any atom is -0.352 e. The van der Waals surface area contributed by atoms with E-state index in [9.17, 15) is 13.6 Å². The molecule has 0 aliphatic carbocycles. The maximum atomic E-state index is 14.1. The van der Waals surface area contributed by atoms with Gasteiger partial charge in [-0.1, -0.05) is 6.07 Å². The number of aromatic nitrogens is 2. The lowest BCUT2D eigenvalue weighted by atomic mass is 9.99. The Bertz CT molecular complexity index is 949. The second-order valence-electron chi connectivity index (χ2n) is 5.59. The van der Waals surface area contributed by atoms with Gasteiger partial charge in [-0.05, 0) is 36.2 Å². The Morgan fingerprint density at radius 3 is 2.79 bits per heavy atom. The van der Waals surface area contributed by atoms with Gasteiger partial charge in [-0.15, -0.1) is 0 Å². The zero-order valence-corrected chi connectivity index (χ0v) is 12.6. The number of amides is 1. The number of carbonyl (C=O) groups is 1. The minimum atomic E-state index is -0.682. The molecular weight excluding hydrogens is 312 g/mol. The molecule has 0 spiro atoms. The fraction of sp³-hybridized carbons (Fsp3) is 0.111. The van der Waals surface area contributed by atoms with Gasteiger partial charge >= 0.3 is 0 Å². The van der Waals surface area contributed by atoms with Crippen LogP contribution >= 0.6 is 0 Å². The van der Waals surface area contributed by atoms with Crippen molar-refractivity contribution in [2.75, 3.05) is 6.54 Å². The Kier molecular flexibility index (Phi) is 3.37. The van der Waals surface area contributed by atoms with E-state index in [4.69, 9.17) is 0 Å². The molecule has 1 amide bonds. The van der Waals surface area contributed by atoms with Crippen LogP contribution in [-0.2, 0) is 6.42 Å². The largest absolute Gasteiger partial charge is 0.352 e. The highest BCUT2D eigenvalue weighted by atomic mass is 19.1. The first-order valence-corrected chi connectivity index (χ1v) is 7.54. The van der Waals surface area contributed by atoms with Crippen LogP contribution in [0.1, 0.15) is 15.9 Å². The number of rotatable bonds is 2. The van der Waals surface area contributed by atoms with Gasteiger partial charge in [-0.2, -0.15) is 0 Å². The second-order valence-corrected chi connectivity index (χ2v) is 5.59. The Hall–Kier alpha value is -3.02. The molecule has 3 aromatic rings. The van der Waals surface area contributed by atoms with Crippen molar-refractivity contribution in [3.63, 3.8) is 0 Å². The van der Waals surface area contributed by atoms with Gasteiger partial charge in [0.1, 0.15) is 17.5 Å². The van der Waals surface area contributed by atoms with E-state index in [-0.39, 0.29) is 11.5 Å². The molecule has 0 saturated heterocycles. The summed E-state index contributed by atoms with van der Waals surface area (Å²) >= 11 is 0. The van der Waals surface area contributed by atoms with Crippen LogP contribution in [-0.4, -0.2) is 22.0 Å². The van der Waals surface area contributed by atoms with Crippen LogP contribution in [0, 0.1) is 11.6 Å². The molecule has 2 aromatic carbocycles. The van der Waals surface area contributed by atoms with Crippen LogP contribution in [0.25, 0.3) is 17.1 Å². The Balaban J connectivity index is 1.83. The van der Waals surface area contributed by atoms with Gasteiger partial charge in [0.25, 0.3) is 5.91 Å². The lowest BCUT2D eigenvalue weighted by Crippen LogP contribution is -2.31. The van der Waals surface area contributed by atoms with Crippen molar-refractivity contribution in [2.24, 2.45) is 0 Å². The fourth-order valence-corrected chi connectivity index (χ4v) is 2.93. The highest BCUT2D eigenvalue weighted by molar-refractivity contribution is 5.97. The average Bonchev–Trinajstić information content (AvgIpc) is 3.04. The molecule has 120 valence electrons. The maximum Gasteiger partial charge on any atom is 0.251 e. The fourth-order valence-electron chi connectivity index (χ4n) is 2.93. The minimum absolute atomic E-state index is 0.118. The van der Waals surface area contributed by atoms with Crippen molar-refractivity contribution in [3.05, 3.63) is 71.6 Å². The standard InChI is InChI=1S/C18H13F2N3O/c19-12-2-4-14(16(20)9-12)17-21-7-8-23(17)13-3-1-11-5-6-22-18(24)15(11)10-13/h1-4,7-10H,5-6H2,(H,22,24). The predicted octanol–water partition coefficient (Wildman–Crippen LogP) is 3.10. The lowest BCUT2D eigenvalue weighted by Gasteiger charge is -2.18. The summed E-state index contributed by atoms with van der Waals surface area (Å²) < 4.78 is 28.9. The number of benzene rings is 2. The van der Waals surface area contributed by atoms with E-state index in [0.29, 0.717) is 23.6 Å². The van der Waals surface area contributed by atoms with Gasteiger partial charge in [0.15, 0.2) is 0 Å². The van der Waals surface area contributed by atoms with Gasteiger partial charge in [0.2, 0.25) is 0 Å². The van der Waals surface area contributed by atoms with E-state index in [2.05, 4.69) is 10.3 Å². The highest BCUT2D eigenvalue weighted by Gasteiger charge is 2.19. The van der Waals surface area contributed by atoms with Crippen LogP contribution in [0.4, 0.5) is 8.78 Å². The van der Waals surface area contributed by atoms with Crippen molar-refractivity contribution in [3.8, 4) is 17.1 Å². The van der Waals surface area contributed by atoms with Crippen molar-refractivity contribution in [1.82, 2.24) is 14.9 Å².